The van der Waals surface area contributed by atoms with E-state index in [2.05, 4.69) is 15.2 Å². The van der Waals surface area contributed by atoms with Crippen molar-refractivity contribution < 1.29 is 5.11 Å². The molecule has 3 aromatic rings. The van der Waals surface area contributed by atoms with Gasteiger partial charge in [-0.1, -0.05) is 12.1 Å². The third kappa shape index (κ3) is 1.65. The van der Waals surface area contributed by atoms with Gasteiger partial charge in [0.1, 0.15) is 11.4 Å². The maximum atomic E-state index is 9.75. The summed E-state index contributed by atoms with van der Waals surface area (Å²) < 4.78 is 0. The summed E-state index contributed by atoms with van der Waals surface area (Å²) >= 11 is 0. The van der Waals surface area contributed by atoms with Crippen LogP contribution in [0.15, 0.2) is 30.3 Å². The fourth-order valence-electron chi connectivity index (χ4n) is 1.99. The molecular weight excluding hydrogens is 228 g/mol. The van der Waals surface area contributed by atoms with Crippen molar-refractivity contribution in [3.63, 3.8) is 0 Å². The molecule has 0 aliphatic heterocycles. The number of hydrogen-bond donors (Lipinski definition) is 4. The van der Waals surface area contributed by atoms with E-state index in [0.717, 1.165) is 28.0 Å². The summed E-state index contributed by atoms with van der Waals surface area (Å²) in [6.07, 6.45) is 0. The highest BCUT2D eigenvalue weighted by molar-refractivity contribution is 5.89. The lowest BCUT2D eigenvalue weighted by Crippen LogP contribution is -2.04. The Morgan fingerprint density at radius 2 is 2.17 bits per heavy atom. The van der Waals surface area contributed by atoms with Crippen molar-refractivity contribution in [2.24, 2.45) is 5.73 Å². The minimum atomic E-state index is -0.0796. The fourth-order valence-corrected chi connectivity index (χ4v) is 1.99. The number of rotatable bonds is 2. The molecule has 0 spiro atoms. The molecule has 3 rings (SSSR count). The maximum absolute atomic E-state index is 9.75. The van der Waals surface area contributed by atoms with Crippen molar-refractivity contribution in [2.45, 2.75) is 13.0 Å². The van der Waals surface area contributed by atoms with Crippen molar-refractivity contribution >= 4 is 10.9 Å². The number of aromatic hydroxyl groups is 1. The van der Waals surface area contributed by atoms with Gasteiger partial charge in [-0.25, -0.2) is 0 Å². The largest absolute Gasteiger partial charge is 0.506 e. The summed E-state index contributed by atoms with van der Waals surface area (Å²) in [6, 6.07) is 9.19. The quantitative estimate of drug-likeness (QED) is 0.555. The minimum absolute atomic E-state index is 0.0796. The van der Waals surface area contributed by atoms with E-state index in [0.29, 0.717) is 0 Å². The number of nitrogens with one attached hydrogen (secondary N) is 2. The lowest BCUT2D eigenvalue weighted by Gasteiger charge is -1.97. The van der Waals surface area contributed by atoms with Gasteiger partial charge in [-0.15, -0.1) is 0 Å². The molecule has 0 aliphatic rings. The molecule has 2 aromatic heterocycles. The number of phenols is 1. The molecule has 1 aromatic carbocycles. The molecule has 92 valence electrons. The highest BCUT2D eigenvalue weighted by Gasteiger charge is 2.10. The zero-order chi connectivity index (χ0) is 12.7. The molecule has 0 radical (unpaired) electrons. The number of nitrogens with zero attached hydrogens (tertiary/aromatic N) is 1. The molecule has 2 heterocycles. The Kier molecular flexibility index (Phi) is 2.34. The molecule has 0 saturated carbocycles. The smallest absolute Gasteiger partial charge is 0.139 e. The van der Waals surface area contributed by atoms with E-state index in [4.69, 9.17) is 5.73 Å². The van der Waals surface area contributed by atoms with Gasteiger partial charge in [-0.3, -0.25) is 5.10 Å². The Hall–Kier alpha value is -2.27. The molecule has 5 heteroatoms. The number of aromatic nitrogens is 3. The zero-order valence-electron chi connectivity index (χ0n) is 9.94. The number of hydrogen-bond acceptors (Lipinski definition) is 3. The Labute approximate surface area is 104 Å². The van der Waals surface area contributed by atoms with Gasteiger partial charge in [0.05, 0.1) is 16.9 Å². The Morgan fingerprint density at radius 1 is 1.33 bits per heavy atom. The molecule has 5 nitrogen and oxygen atoms in total. The average Bonchev–Trinajstić information content (AvgIpc) is 2.95. The summed E-state index contributed by atoms with van der Waals surface area (Å²) in [4.78, 5) is 3.16. The van der Waals surface area contributed by atoms with Crippen LogP contribution in [-0.4, -0.2) is 20.3 Å². The Morgan fingerprint density at radius 3 is 2.83 bits per heavy atom. The predicted molar refractivity (Wildman–Crippen MR) is 70.1 cm³/mol. The number of fused-ring (bicyclic) bond motifs is 1. The highest BCUT2D eigenvalue weighted by atomic mass is 16.3. The molecular formula is C13H14N4O. The van der Waals surface area contributed by atoms with Crippen molar-refractivity contribution in [1.82, 2.24) is 15.2 Å². The number of phenolic OH excluding ortho intramolecular Hbond substituents is 1. The van der Waals surface area contributed by atoms with Crippen molar-refractivity contribution in [2.75, 3.05) is 0 Å². The lowest BCUT2D eigenvalue weighted by atomic mass is 10.2. The van der Waals surface area contributed by atoms with Crippen LogP contribution >= 0.6 is 0 Å². The molecule has 0 unspecified atom stereocenters. The summed E-state index contributed by atoms with van der Waals surface area (Å²) in [5.74, 6) is 0.238. The fraction of sp³-hybridized carbons (Fsp3) is 0.154. The highest BCUT2D eigenvalue weighted by Crippen LogP contribution is 2.28. The van der Waals surface area contributed by atoms with Crippen LogP contribution in [0.5, 0.6) is 5.75 Å². The Balaban J connectivity index is 2.10. The van der Waals surface area contributed by atoms with E-state index >= 15 is 0 Å². The van der Waals surface area contributed by atoms with Crippen LogP contribution in [0.3, 0.4) is 0 Å². The number of benzene rings is 1. The number of para-hydroxylation sites is 1. The average molecular weight is 242 g/mol. The van der Waals surface area contributed by atoms with Gasteiger partial charge in [-0.05, 0) is 25.1 Å². The van der Waals surface area contributed by atoms with Gasteiger partial charge in [0.15, 0.2) is 0 Å². The summed E-state index contributed by atoms with van der Waals surface area (Å²) in [7, 11) is 0. The van der Waals surface area contributed by atoms with Crippen LogP contribution in [-0.2, 0) is 0 Å². The third-order valence-corrected chi connectivity index (χ3v) is 3.00. The molecule has 1 atom stereocenters. The summed E-state index contributed by atoms with van der Waals surface area (Å²) in [5.41, 5.74) is 9.03. The van der Waals surface area contributed by atoms with Gasteiger partial charge in [-0.2, -0.15) is 5.10 Å². The normalized spacial score (nSPS) is 13.0. The van der Waals surface area contributed by atoms with E-state index in [-0.39, 0.29) is 11.8 Å². The zero-order valence-corrected chi connectivity index (χ0v) is 9.94. The van der Waals surface area contributed by atoms with Gasteiger partial charge in [0.25, 0.3) is 0 Å². The molecule has 0 fully saturated rings. The second kappa shape index (κ2) is 3.89. The van der Waals surface area contributed by atoms with Crippen LogP contribution in [0.2, 0.25) is 0 Å². The minimum Gasteiger partial charge on any atom is -0.506 e. The first-order valence-corrected chi connectivity index (χ1v) is 5.77. The molecule has 5 N–H and O–H groups in total. The number of H-pyrrole nitrogens is 2. The first kappa shape index (κ1) is 10.9. The van der Waals surface area contributed by atoms with Crippen molar-refractivity contribution in [3.05, 3.63) is 36.0 Å². The first-order chi connectivity index (χ1) is 8.65. The Bertz CT molecular complexity index is 696. The van der Waals surface area contributed by atoms with Crippen LogP contribution < -0.4 is 5.73 Å². The monoisotopic (exact) mass is 242 g/mol. The SMILES string of the molecule is C[C@H](N)c1cc(-c2cc3cccc(O)c3[nH]2)n[nH]1. The topological polar surface area (TPSA) is 90.7 Å². The van der Waals surface area contributed by atoms with Gasteiger partial charge in [0, 0.05) is 11.4 Å². The lowest BCUT2D eigenvalue weighted by molar-refractivity contribution is 0.480. The predicted octanol–water partition coefficient (Wildman–Crippen LogP) is 2.28. The van der Waals surface area contributed by atoms with Gasteiger partial charge in [0.2, 0.25) is 0 Å². The van der Waals surface area contributed by atoms with Gasteiger partial charge >= 0.3 is 0 Å². The molecule has 0 amide bonds. The standard InChI is InChI=1S/C13H14N4O/c1-7(14)9-6-11(17-16-9)10-5-8-3-2-4-12(18)13(8)15-10/h2-7,15,18H,14H2,1H3,(H,16,17)/t7-/m0/s1. The van der Waals surface area contributed by atoms with E-state index in [9.17, 15) is 5.11 Å². The van der Waals surface area contributed by atoms with Crippen LogP contribution in [0.4, 0.5) is 0 Å². The van der Waals surface area contributed by atoms with E-state index < -0.39 is 0 Å². The van der Waals surface area contributed by atoms with E-state index in [1.165, 1.54) is 0 Å². The molecule has 0 saturated heterocycles. The summed E-state index contributed by atoms with van der Waals surface area (Å²) in [5, 5.41) is 17.8. The second-order valence-corrected chi connectivity index (χ2v) is 4.42. The van der Waals surface area contributed by atoms with E-state index in [1.54, 1.807) is 6.07 Å². The van der Waals surface area contributed by atoms with Crippen LogP contribution in [0.1, 0.15) is 18.7 Å². The van der Waals surface area contributed by atoms with Crippen LogP contribution in [0.25, 0.3) is 22.3 Å². The molecule has 18 heavy (non-hydrogen) atoms. The first-order valence-electron chi connectivity index (χ1n) is 5.77. The van der Waals surface area contributed by atoms with Gasteiger partial charge < -0.3 is 15.8 Å². The van der Waals surface area contributed by atoms with E-state index in [1.807, 2.05) is 31.2 Å². The number of nitrogens with two attached hydrogens (primary N) is 1. The number of aromatic amines is 2. The molecule has 0 bridgehead atoms. The van der Waals surface area contributed by atoms with Crippen molar-refractivity contribution in [1.29, 1.82) is 0 Å². The summed E-state index contributed by atoms with van der Waals surface area (Å²) in [6.45, 7) is 1.90. The third-order valence-electron chi connectivity index (χ3n) is 3.00. The second-order valence-electron chi connectivity index (χ2n) is 4.42. The van der Waals surface area contributed by atoms with Crippen molar-refractivity contribution in [3.8, 4) is 17.1 Å². The van der Waals surface area contributed by atoms with Crippen LogP contribution in [0, 0.1) is 0 Å². The maximum Gasteiger partial charge on any atom is 0.139 e. The molecule has 0 aliphatic carbocycles.